The number of benzene rings is 3. The van der Waals surface area contributed by atoms with Gasteiger partial charge in [0, 0.05) is 11.6 Å². The van der Waals surface area contributed by atoms with Crippen LogP contribution >= 0.6 is 0 Å². The van der Waals surface area contributed by atoms with Crippen LogP contribution in [-0.2, 0) is 10.0 Å². The Kier molecular flexibility index (Phi) is 5.18. The molecule has 0 saturated heterocycles. The van der Waals surface area contributed by atoms with Gasteiger partial charge in [-0.05, 0) is 66.7 Å². The summed E-state index contributed by atoms with van der Waals surface area (Å²) in [5.41, 5.74) is 1.46. The molecule has 0 saturated carbocycles. The number of hydrogen-bond donors (Lipinski definition) is 1. The summed E-state index contributed by atoms with van der Waals surface area (Å²) in [4.78, 5) is 12.2. The first kappa shape index (κ1) is 19.6. The molecule has 1 heterocycles. The molecule has 0 aliphatic heterocycles. The van der Waals surface area contributed by atoms with Crippen LogP contribution < -0.4 is 15.4 Å². The lowest BCUT2D eigenvalue weighted by Gasteiger charge is -2.09. The highest BCUT2D eigenvalue weighted by atomic mass is 32.2. The van der Waals surface area contributed by atoms with E-state index in [2.05, 4.69) is 5.10 Å². The summed E-state index contributed by atoms with van der Waals surface area (Å²) in [5, 5.41) is 9.52. The summed E-state index contributed by atoms with van der Waals surface area (Å²) in [6.07, 6.45) is 0. The first-order valence-corrected chi connectivity index (χ1v) is 10.5. The minimum atomic E-state index is -3.81. The summed E-state index contributed by atoms with van der Waals surface area (Å²) >= 11 is 0. The predicted molar refractivity (Wildman–Crippen MR) is 113 cm³/mol. The van der Waals surface area contributed by atoms with Crippen molar-refractivity contribution in [1.82, 2.24) is 9.78 Å². The molecule has 0 atom stereocenters. The standard InChI is InChI=1S/C22H17N3O4S/c23-30(27,28)20-12-8-17(9-13-20)25-22(26)15-14-21(24-25)16-6-10-19(11-7-16)29-18-4-2-1-3-5-18/h1-15H,(H2,23,27,28). The van der Waals surface area contributed by atoms with Crippen molar-refractivity contribution in [3.05, 3.63) is 101 Å². The van der Waals surface area contributed by atoms with Crippen molar-refractivity contribution < 1.29 is 13.2 Å². The van der Waals surface area contributed by atoms with Gasteiger partial charge in [0.25, 0.3) is 5.56 Å². The Morgan fingerprint density at radius 2 is 1.40 bits per heavy atom. The summed E-state index contributed by atoms with van der Waals surface area (Å²) in [6.45, 7) is 0. The molecule has 8 heteroatoms. The van der Waals surface area contributed by atoms with Crippen molar-refractivity contribution in [2.45, 2.75) is 4.90 Å². The molecule has 4 aromatic rings. The van der Waals surface area contributed by atoms with Crippen LogP contribution in [-0.4, -0.2) is 18.2 Å². The van der Waals surface area contributed by atoms with Crippen LogP contribution in [0, 0.1) is 0 Å². The second kappa shape index (κ2) is 7.94. The molecule has 2 N–H and O–H groups in total. The average molecular weight is 419 g/mol. The highest BCUT2D eigenvalue weighted by Gasteiger charge is 2.10. The Balaban J connectivity index is 1.62. The van der Waals surface area contributed by atoms with Gasteiger partial charge in [-0.3, -0.25) is 4.79 Å². The van der Waals surface area contributed by atoms with E-state index in [9.17, 15) is 13.2 Å². The number of sulfonamides is 1. The van der Waals surface area contributed by atoms with Crippen LogP contribution in [0.1, 0.15) is 0 Å². The van der Waals surface area contributed by atoms with Gasteiger partial charge in [0.1, 0.15) is 11.5 Å². The Morgan fingerprint density at radius 1 is 0.767 bits per heavy atom. The second-order valence-electron chi connectivity index (χ2n) is 6.45. The van der Waals surface area contributed by atoms with E-state index >= 15 is 0 Å². The molecule has 1 aromatic heterocycles. The average Bonchev–Trinajstić information content (AvgIpc) is 2.75. The molecule has 0 unspecified atom stereocenters. The normalized spacial score (nSPS) is 11.2. The van der Waals surface area contributed by atoms with Crippen molar-refractivity contribution in [3.63, 3.8) is 0 Å². The van der Waals surface area contributed by atoms with Crippen molar-refractivity contribution in [3.8, 4) is 28.4 Å². The van der Waals surface area contributed by atoms with Gasteiger partial charge < -0.3 is 4.74 Å². The summed E-state index contributed by atoms with van der Waals surface area (Å²) in [5.74, 6) is 1.41. The van der Waals surface area contributed by atoms with Gasteiger partial charge in [0.05, 0.1) is 16.3 Å². The minimum Gasteiger partial charge on any atom is -0.457 e. The lowest BCUT2D eigenvalue weighted by atomic mass is 10.1. The Hall–Kier alpha value is -3.75. The van der Waals surface area contributed by atoms with Gasteiger partial charge >= 0.3 is 0 Å². The number of primary sulfonamides is 1. The molecule has 0 aliphatic carbocycles. The van der Waals surface area contributed by atoms with Crippen LogP contribution in [0.2, 0.25) is 0 Å². The Morgan fingerprint density at radius 3 is 2.03 bits per heavy atom. The predicted octanol–water partition coefficient (Wildman–Crippen LogP) is 3.34. The number of hydrogen-bond acceptors (Lipinski definition) is 5. The highest BCUT2D eigenvalue weighted by Crippen LogP contribution is 2.24. The maximum atomic E-state index is 12.3. The summed E-state index contributed by atoms with van der Waals surface area (Å²) in [7, 11) is -3.81. The van der Waals surface area contributed by atoms with E-state index in [-0.39, 0.29) is 10.5 Å². The zero-order chi connectivity index (χ0) is 21.1. The minimum absolute atomic E-state index is 0.0375. The van der Waals surface area contributed by atoms with E-state index in [0.29, 0.717) is 17.1 Å². The topological polar surface area (TPSA) is 104 Å². The van der Waals surface area contributed by atoms with Crippen LogP contribution in [0.5, 0.6) is 11.5 Å². The van der Waals surface area contributed by atoms with Gasteiger partial charge in [0.2, 0.25) is 10.0 Å². The fourth-order valence-corrected chi connectivity index (χ4v) is 3.36. The van der Waals surface area contributed by atoms with Gasteiger partial charge in [0.15, 0.2) is 0 Å². The number of rotatable bonds is 5. The van der Waals surface area contributed by atoms with E-state index in [4.69, 9.17) is 9.88 Å². The zero-order valence-corrected chi connectivity index (χ0v) is 16.5. The SMILES string of the molecule is NS(=O)(=O)c1ccc(-n2nc(-c3ccc(Oc4ccccc4)cc3)ccc2=O)cc1. The van der Waals surface area contributed by atoms with E-state index in [0.717, 1.165) is 11.3 Å². The largest absolute Gasteiger partial charge is 0.457 e. The van der Waals surface area contributed by atoms with E-state index in [1.165, 1.54) is 35.0 Å². The molecule has 0 radical (unpaired) electrons. The smallest absolute Gasteiger partial charge is 0.271 e. The molecule has 4 rings (SSSR count). The van der Waals surface area contributed by atoms with Crippen molar-refractivity contribution in [1.29, 1.82) is 0 Å². The zero-order valence-electron chi connectivity index (χ0n) is 15.7. The Bertz CT molecular complexity index is 1330. The fourth-order valence-electron chi connectivity index (χ4n) is 2.85. The van der Waals surface area contributed by atoms with Crippen molar-refractivity contribution in [2.75, 3.05) is 0 Å². The number of nitrogens with zero attached hydrogens (tertiary/aromatic N) is 2. The van der Waals surface area contributed by atoms with E-state index in [1.807, 2.05) is 54.6 Å². The third-order valence-electron chi connectivity index (χ3n) is 4.34. The molecule has 0 aliphatic rings. The van der Waals surface area contributed by atoms with Crippen molar-refractivity contribution >= 4 is 10.0 Å². The van der Waals surface area contributed by atoms with Crippen molar-refractivity contribution in [2.24, 2.45) is 5.14 Å². The third kappa shape index (κ3) is 4.29. The highest BCUT2D eigenvalue weighted by molar-refractivity contribution is 7.89. The third-order valence-corrected chi connectivity index (χ3v) is 5.27. The molecule has 0 fully saturated rings. The molecule has 30 heavy (non-hydrogen) atoms. The maximum absolute atomic E-state index is 12.3. The molecule has 0 bridgehead atoms. The molecule has 0 spiro atoms. The number of nitrogens with two attached hydrogens (primary N) is 1. The molecule has 150 valence electrons. The molecular formula is C22H17N3O4S. The lowest BCUT2D eigenvalue weighted by Crippen LogP contribution is -2.20. The van der Waals surface area contributed by atoms with Crippen LogP contribution in [0.3, 0.4) is 0 Å². The molecular weight excluding hydrogens is 402 g/mol. The first-order chi connectivity index (χ1) is 14.4. The van der Waals surface area contributed by atoms with E-state index in [1.54, 1.807) is 6.07 Å². The fraction of sp³-hybridized carbons (Fsp3) is 0. The van der Waals surface area contributed by atoms with Crippen LogP contribution in [0.15, 0.2) is 101 Å². The number of ether oxygens (including phenoxy) is 1. The lowest BCUT2D eigenvalue weighted by molar-refractivity contribution is 0.483. The van der Waals surface area contributed by atoms with Gasteiger partial charge in [-0.15, -0.1) is 0 Å². The van der Waals surface area contributed by atoms with Gasteiger partial charge in [-0.1, -0.05) is 18.2 Å². The monoisotopic (exact) mass is 419 g/mol. The maximum Gasteiger partial charge on any atom is 0.271 e. The molecule has 0 amide bonds. The summed E-state index contributed by atoms with van der Waals surface area (Å²) in [6, 6.07) is 25.4. The van der Waals surface area contributed by atoms with Crippen LogP contribution in [0.25, 0.3) is 16.9 Å². The first-order valence-electron chi connectivity index (χ1n) is 8.97. The van der Waals surface area contributed by atoms with Gasteiger partial charge in [-0.2, -0.15) is 9.78 Å². The molecule has 3 aromatic carbocycles. The van der Waals surface area contributed by atoms with E-state index < -0.39 is 10.0 Å². The van der Waals surface area contributed by atoms with Crippen LogP contribution in [0.4, 0.5) is 0 Å². The molecule has 7 nitrogen and oxygen atoms in total. The quantitative estimate of drug-likeness (QED) is 0.534. The second-order valence-corrected chi connectivity index (χ2v) is 8.01. The van der Waals surface area contributed by atoms with Gasteiger partial charge in [-0.25, -0.2) is 13.6 Å². The Labute approximate surface area is 173 Å². The number of para-hydroxylation sites is 1. The summed E-state index contributed by atoms with van der Waals surface area (Å²) < 4.78 is 29.8. The number of aromatic nitrogens is 2.